The van der Waals surface area contributed by atoms with E-state index < -0.39 is 0 Å². The van der Waals surface area contributed by atoms with Crippen LogP contribution in [0.4, 0.5) is 0 Å². The second-order valence-electron chi connectivity index (χ2n) is 5.67. The molecule has 3 aromatic rings. The smallest absolute Gasteiger partial charge is 0.160 e. The van der Waals surface area contributed by atoms with Crippen molar-refractivity contribution in [3.8, 4) is 22.6 Å². The maximum Gasteiger partial charge on any atom is 0.160 e. The number of allylic oxidation sites excluding steroid dienone is 5. The van der Waals surface area contributed by atoms with Gasteiger partial charge >= 0.3 is 0 Å². The van der Waals surface area contributed by atoms with Crippen molar-refractivity contribution in [3.05, 3.63) is 102 Å². The average molecular weight is 403 g/mol. The van der Waals surface area contributed by atoms with Gasteiger partial charge in [0.2, 0.25) is 0 Å². The Labute approximate surface area is 162 Å². The Morgan fingerprint density at radius 1 is 0.962 bits per heavy atom. The standard InChI is InChI=1S/C23H19BrN2/c1-3-5-9-17(4-2)21-16-22(18-10-7-6-8-11-18)26-23(25-21)19-12-14-20(24)15-13-19/h3-16H,1H2,2H3/b9-5-,17-4+. The second-order valence-corrected chi connectivity index (χ2v) is 6.59. The highest BCUT2D eigenvalue weighted by Gasteiger charge is 2.10. The van der Waals surface area contributed by atoms with E-state index >= 15 is 0 Å². The number of aromatic nitrogens is 2. The molecular formula is C23H19BrN2. The minimum Gasteiger partial charge on any atom is -0.228 e. The van der Waals surface area contributed by atoms with Crippen molar-refractivity contribution in [1.29, 1.82) is 0 Å². The summed E-state index contributed by atoms with van der Waals surface area (Å²) in [5, 5.41) is 0. The Morgan fingerprint density at radius 2 is 1.69 bits per heavy atom. The molecule has 0 bridgehead atoms. The van der Waals surface area contributed by atoms with Crippen LogP contribution in [0, 0.1) is 0 Å². The van der Waals surface area contributed by atoms with E-state index in [0.29, 0.717) is 5.82 Å². The van der Waals surface area contributed by atoms with Crippen molar-refractivity contribution in [2.24, 2.45) is 0 Å². The van der Waals surface area contributed by atoms with Gasteiger partial charge in [-0.25, -0.2) is 9.97 Å². The zero-order valence-electron chi connectivity index (χ0n) is 14.6. The van der Waals surface area contributed by atoms with Crippen LogP contribution >= 0.6 is 15.9 Å². The summed E-state index contributed by atoms with van der Waals surface area (Å²) in [6.45, 7) is 5.75. The van der Waals surface area contributed by atoms with Crippen LogP contribution in [0.15, 0.2) is 96.0 Å². The van der Waals surface area contributed by atoms with Gasteiger partial charge in [-0.05, 0) is 30.7 Å². The van der Waals surface area contributed by atoms with Crippen LogP contribution in [0.25, 0.3) is 28.2 Å². The molecular weight excluding hydrogens is 384 g/mol. The van der Waals surface area contributed by atoms with Crippen LogP contribution in [0.5, 0.6) is 0 Å². The van der Waals surface area contributed by atoms with Gasteiger partial charge in [-0.3, -0.25) is 0 Å². The predicted octanol–water partition coefficient (Wildman–Crippen LogP) is 6.72. The third-order valence-corrected chi connectivity index (χ3v) is 4.45. The maximum atomic E-state index is 4.80. The Morgan fingerprint density at radius 3 is 2.35 bits per heavy atom. The second kappa shape index (κ2) is 8.54. The van der Waals surface area contributed by atoms with E-state index in [0.717, 1.165) is 32.6 Å². The molecule has 0 spiro atoms. The monoisotopic (exact) mass is 402 g/mol. The van der Waals surface area contributed by atoms with Crippen LogP contribution in [0.3, 0.4) is 0 Å². The van der Waals surface area contributed by atoms with E-state index in [1.807, 2.05) is 73.7 Å². The molecule has 1 aromatic heterocycles. The summed E-state index contributed by atoms with van der Waals surface area (Å²) in [6, 6.07) is 20.2. The van der Waals surface area contributed by atoms with Gasteiger partial charge < -0.3 is 0 Å². The molecule has 128 valence electrons. The number of benzene rings is 2. The first kappa shape index (κ1) is 18.0. The van der Waals surface area contributed by atoms with E-state index in [4.69, 9.17) is 9.97 Å². The lowest BCUT2D eigenvalue weighted by atomic mass is 10.1. The zero-order chi connectivity index (χ0) is 18.4. The third-order valence-electron chi connectivity index (χ3n) is 3.92. The number of hydrogen-bond donors (Lipinski definition) is 0. The van der Waals surface area contributed by atoms with E-state index in [2.05, 4.69) is 34.6 Å². The molecule has 0 unspecified atom stereocenters. The van der Waals surface area contributed by atoms with Gasteiger partial charge in [0.1, 0.15) is 0 Å². The van der Waals surface area contributed by atoms with Crippen LogP contribution in [-0.2, 0) is 0 Å². The molecule has 1 heterocycles. The SMILES string of the molecule is C=C/C=C\C(=C/C)c1cc(-c2ccccc2)nc(-c2ccc(Br)cc2)n1. The fourth-order valence-electron chi connectivity index (χ4n) is 2.58. The van der Waals surface area contributed by atoms with Gasteiger partial charge in [0.05, 0.1) is 11.4 Å². The van der Waals surface area contributed by atoms with Gasteiger partial charge in [0, 0.05) is 15.6 Å². The minimum atomic E-state index is 0.709. The Kier molecular flexibility index (Phi) is 5.92. The normalized spacial score (nSPS) is 11.7. The molecule has 0 saturated carbocycles. The number of rotatable bonds is 5. The van der Waals surface area contributed by atoms with Gasteiger partial charge in [0.25, 0.3) is 0 Å². The molecule has 0 aliphatic rings. The lowest BCUT2D eigenvalue weighted by Crippen LogP contribution is -1.97. The van der Waals surface area contributed by atoms with Crippen molar-refractivity contribution >= 4 is 21.5 Å². The summed E-state index contributed by atoms with van der Waals surface area (Å²) in [5.74, 6) is 0.709. The van der Waals surface area contributed by atoms with Crippen molar-refractivity contribution in [2.45, 2.75) is 6.92 Å². The number of halogens is 1. The molecule has 0 fully saturated rings. The molecule has 2 nitrogen and oxygen atoms in total. The summed E-state index contributed by atoms with van der Waals surface area (Å²) in [5.41, 5.74) is 4.87. The lowest BCUT2D eigenvalue weighted by Gasteiger charge is -2.10. The third kappa shape index (κ3) is 4.24. The highest BCUT2D eigenvalue weighted by molar-refractivity contribution is 9.10. The molecule has 0 saturated heterocycles. The first-order valence-corrected chi connectivity index (χ1v) is 9.17. The van der Waals surface area contributed by atoms with Crippen LogP contribution in [-0.4, -0.2) is 9.97 Å². The predicted molar refractivity (Wildman–Crippen MR) is 114 cm³/mol. The van der Waals surface area contributed by atoms with E-state index in [9.17, 15) is 0 Å². The molecule has 3 heteroatoms. The molecule has 2 aromatic carbocycles. The van der Waals surface area contributed by atoms with Crippen molar-refractivity contribution in [2.75, 3.05) is 0 Å². The quantitative estimate of drug-likeness (QED) is 0.442. The van der Waals surface area contributed by atoms with Crippen LogP contribution < -0.4 is 0 Å². The Bertz CT molecular complexity index is 955. The first-order valence-electron chi connectivity index (χ1n) is 8.37. The largest absolute Gasteiger partial charge is 0.228 e. The van der Waals surface area contributed by atoms with Gasteiger partial charge in [-0.1, -0.05) is 89.3 Å². The molecule has 0 atom stereocenters. The summed E-state index contributed by atoms with van der Waals surface area (Å²) in [4.78, 5) is 9.61. The molecule has 0 aliphatic heterocycles. The van der Waals surface area contributed by atoms with Gasteiger partial charge in [-0.2, -0.15) is 0 Å². The highest BCUT2D eigenvalue weighted by atomic mass is 79.9. The Hall–Kier alpha value is -2.78. The summed E-state index contributed by atoms with van der Waals surface area (Å²) in [6.07, 6.45) is 7.73. The zero-order valence-corrected chi connectivity index (χ0v) is 16.1. The summed E-state index contributed by atoms with van der Waals surface area (Å²) in [7, 11) is 0. The fraction of sp³-hybridized carbons (Fsp3) is 0.0435. The molecule has 0 radical (unpaired) electrons. The van der Waals surface area contributed by atoms with Gasteiger partial charge in [0.15, 0.2) is 5.82 Å². The highest BCUT2D eigenvalue weighted by Crippen LogP contribution is 2.26. The van der Waals surface area contributed by atoms with Crippen LogP contribution in [0.2, 0.25) is 0 Å². The lowest BCUT2D eigenvalue weighted by molar-refractivity contribution is 1.16. The van der Waals surface area contributed by atoms with E-state index in [1.165, 1.54) is 0 Å². The molecule has 3 rings (SSSR count). The van der Waals surface area contributed by atoms with Crippen LogP contribution in [0.1, 0.15) is 12.6 Å². The topological polar surface area (TPSA) is 25.8 Å². The van der Waals surface area contributed by atoms with Crippen molar-refractivity contribution < 1.29 is 0 Å². The summed E-state index contributed by atoms with van der Waals surface area (Å²) < 4.78 is 1.03. The van der Waals surface area contributed by atoms with Gasteiger partial charge in [-0.15, -0.1) is 0 Å². The summed E-state index contributed by atoms with van der Waals surface area (Å²) >= 11 is 3.48. The average Bonchev–Trinajstić information content (AvgIpc) is 2.69. The van der Waals surface area contributed by atoms with Crippen molar-refractivity contribution in [1.82, 2.24) is 9.97 Å². The Balaban J connectivity index is 2.18. The minimum absolute atomic E-state index is 0.709. The molecule has 0 amide bonds. The van der Waals surface area contributed by atoms with E-state index in [-0.39, 0.29) is 0 Å². The fourth-order valence-corrected chi connectivity index (χ4v) is 2.85. The molecule has 0 aliphatic carbocycles. The van der Waals surface area contributed by atoms with E-state index in [1.54, 1.807) is 6.08 Å². The maximum absolute atomic E-state index is 4.80. The van der Waals surface area contributed by atoms with Crippen molar-refractivity contribution in [3.63, 3.8) is 0 Å². The molecule has 0 N–H and O–H groups in total. The molecule has 26 heavy (non-hydrogen) atoms. The first-order chi connectivity index (χ1) is 12.7. The number of nitrogens with zero attached hydrogens (tertiary/aromatic N) is 2. The number of hydrogen-bond acceptors (Lipinski definition) is 2.